The number of rotatable bonds is 4. The van der Waals surface area contributed by atoms with Crippen molar-refractivity contribution in [3.63, 3.8) is 0 Å². The van der Waals surface area contributed by atoms with Crippen LogP contribution in [-0.2, 0) is 0 Å². The van der Waals surface area contributed by atoms with Crippen molar-refractivity contribution < 1.29 is 9.53 Å². The Morgan fingerprint density at radius 1 is 1.19 bits per heavy atom. The molecular weight excluding hydrogens is 406 g/mol. The minimum Gasteiger partial charge on any atom is -0.496 e. The Labute approximate surface area is 168 Å². The normalized spacial score (nSPS) is 20.2. The van der Waals surface area contributed by atoms with Crippen molar-refractivity contribution in [1.82, 2.24) is 15.8 Å². The molecule has 142 valence electrons. The van der Waals surface area contributed by atoms with Gasteiger partial charge in [0.25, 0.3) is 5.91 Å². The van der Waals surface area contributed by atoms with Gasteiger partial charge in [-0.25, -0.2) is 0 Å². The molecule has 2 aromatic rings. The number of ether oxygens (including phenoxy) is 1. The molecule has 0 bridgehead atoms. The third-order valence-electron chi connectivity index (χ3n) is 5.49. The Bertz CT molecular complexity index is 836. The molecule has 0 aliphatic carbocycles. The van der Waals surface area contributed by atoms with E-state index in [1.807, 2.05) is 35.2 Å². The van der Waals surface area contributed by atoms with Gasteiger partial charge in [0.2, 0.25) is 0 Å². The average Bonchev–Trinajstić information content (AvgIpc) is 3.39. The summed E-state index contributed by atoms with van der Waals surface area (Å²) in [7, 11) is 1.67. The minimum atomic E-state index is 0.0741. The van der Waals surface area contributed by atoms with Crippen LogP contribution in [0, 0.1) is 0 Å². The third kappa shape index (κ3) is 3.74. The van der Waals surface area contributed by atoms with E-state index in [1.165, 1.54) is 5.56 Å². The van der Waals surface area contributed by atoms with Gasteiger partial charge in [0, 0.05) is 35.6 Å². The largest absolute Gasteiger partial charge is 0.496 e. The molecule has 6 heteroatoms. The number of hydrazine groups is 1. The molecule has 2 aliphatic heterocycles. The van der Waals surface area contributed by atoms with Crippen LogP contribution in [0.3, 0.4) is 0 Å². The molecule has 1 unspecified atom stereocenters. The molecule has 0 spiro atoms. The van der Waals surface area contributed by atoms with E-state index >= 15 is 0 Å². The van der Waals surface area contributed by atoms with Gasteiger partial charge in [-0.2, -0.15) is 0 Å². The van der Waals surface area contributed by atoms with Crippen molar-refractivity contribution in [2.75, 3.05) is 26.7 Å². The van der Waals surface area contributed by atoms with Gasteiger partial charge >= 0.3 is 0 Å². The fraction of sp³-hybridized carbons (Fsp3) is 0.381. The van der Waals surface area contributed by atoms with E-state index in [9.17, 15) is 4.79 Å². The van der Waals surface area contributed by atoms with Gasteiger partial charge in [0.1, 0.15) is 5.75 Å². The van der Waals surface area contributed by atoms with Crippen LogP contribution < -0.4 is 15.6 Å². The van der Waals surface area contributed by atoms with Crippen LogP contribution in [0.5, 0.6) is 5.75 Å². The molecule has 0 radical (unpaired) electrons. The number of carbonyl (C=O) groups excluding carboxylic acids is 1. The van der Waals surface area contributed by atoms with Gasteiger partial charge in [-0.3, -0.25) is 15.6 Å². The Morgan fingerprint density at radius 3 is 2.74 bits per heavy atom. The van der Waals surface area contributed by atoms with Gasteiger partial charge < -0.3 is 9.64 Å². The van der Waals surface area contributed by atoms with E-state index in [4.69, 9.17) is 4.74 Å². The molecule has 2 heterocycles. The Morgan fingerprint density at radius 2 is 2.00 bits per heavy atom. The second-order valence-electron chi connectivity index (χ2n) is 7.13. The van der Waals surface area contributed by atoms with Crippen molar-refractivity contribution in [2.45, 2.75) is 24.8 Å². The molecule has 1 amide bonds. The fourth-order valence-electron chi connectivity index (χ4n) is 4.10. The first-order valence-electron chi connectivity index (χ1n) is 9.37. The topological polar surface area (TPSA) is 53.6 Å². The molecule has 2 aliphatic rings. The molecule has 0 saturated carbocycles. The number of benzene rings is 2. The van der Waals surface area contributed by atoms with E-state index in [-0.39, 0.29) is 11.9 Å². The van der Waals surface area contributed by atoms with Crippen LogP contribution in [0.4, 0.5) is 0 Å². The Kier molecular flexibility index (Phi) is 5.48. The zero-order valence-corrected chi connectivity index (χ0v) is 17.0. The zero-order chi connectivity index (χ0) is 18.8. The van der Waals surface area contributed by atoms with Crippen molar-refractivity contribution in [3.8, 4) is 5.75 Å². The second kappa shape index (κ2) is 8.00. The lowest BCUT2D eigenvalue weighted by Crippen LogP contribution is -2.30. The summed E-state index contributed by atoms with van der Waals surface area (Å²) in [6.45, 7) is 2.51. The lowest BCUT2D eigenvalue weighted by atomic mass is 9.97. The highest BCUT2D eigenvalue weighted by molar-refractivity contribution is 9.10. The lowest BCUT2D eigenvalue weighted by Gasteiger charge is -2.26. The van der Waals surface area contributed by atoms with Crippen molar-refractivity contribution in [3.05, 3.63) is 63.6 Å². The summed E-state index contributed by atoms with van der Waals surface area (Å²) < 4.78 is 6.65. The molecule has 5 nitrogen and oxygen atoms in total. The molecular formula is C21H24BrN3O2. The van der Waals surface area contributed by atoms with Crippen LogP contribution in [0.1, 0.15) is 46.3 Å². The predicted octanol–water partition coefficient (Wildman–Crippen LogP) is 3.63. The standard InChI is InChI=1S/C21H24BrN3O2/c1-27-20-11-15(7-8-18(20)16-12-23-24-13-16)21(26)25-9-3-6-19(25)14-4-2-5-17(22)10-14/h2,4-5,7-8,10-11,16,19,23-24H,3,6,9,12-13H2,1H3. The van der Waals surface area contributed by atoms with Gasteiger partial charge in [0.05, 0.1) is 13.2 Å². The van der Waals surface area contributed by atoms with Gasteiger partial charge in [-0.15, -0.1) is 0 Å². The first-order chi connectivity index (χ1) is 13.2. The number of carbonyl (C=O) groups is 1. The summed E-state index contributed by atoms with van der Waals surface area (Å²) in [5, 5.41) is 0. The van der Waals surface area contributed by atoms with Crippen LogP contribution in [0.15, 0.2) is 46.9 Å². The summed E-state index contributed by atoms with van der Waals surface area (Å²) in [6.07, 6.45) is 2.02. The summed E-state index contributed by atoms with van der Waals surface area (Å²) >= 11 is 3.54. The quantitative estimate of drug-likeness (QED) is 0.778. The number of amides is 1. The monoisotopic (exact) mass is 429 g/mol. The van der Waals surface area contributed by atoms with E-state index in [0.717, 1.165) is 48.3 Å². The number of halogens is 1. The highest BCUT2D eigenvalue weighted by atomic mass is 79.9. The molecule has 27 heavy (non-hydrogen) atoms. The van der Waals surface area contributed by atoms with Crippen molar-refractivity contribution in [1.29, 1.82) is 0 Å². The summed E-state index contributed by atoms with van der Waals surface area (Å²) in [5.74, 6) is 1.21. The maximum absolute atomic E-state index is 13.3. The molecule has 4 rings (SSSR count). The second-order valence-corrected chi connectivity index (χ2v) is 8.04. The number of likely N-dealkylation sites (tertiary alicyclic amines) is 1. The number of hydrogen-bond acceptors (Lipinski definition) is 4. The SMILES string of the molecule is COc1cc(C(=O)N2CCCC2c2cccc(Br)c2)ccc1C1CNNC1. The molecule has 2 fully saturated rings. The predicted molar refractivity (Wildman–Crippen MR) is 109 cm³/mol. The van der Waals surface area contributed by atoms with Gasteiger partial charge in [-0.1, -0.05) is 34.1 Å². The van der Waals surface area contributed by atoms with Gasteiger partial charge in [-0.05, 0) is 48.2 Å². The Balaban J connectivity index is 1.60. The lowest BCUT2D eigenvalue weighted by molar-refractivity contribution is 0.0735. The maximum Gasteiger partial charge on any atom is 0.254 e. The highest BCUT2D eigenvalue weighted by Gasteiger charge is 2.31. The Hall–Kier alpha value is -1.89. The smallest absolute Gasteiger partial charge is 0.254 e. The number of nitrogens with one attached hydrogen (secondary N) is 2. The van der Waals surface area contributed by atoms with Crippen LogP contribution in [0.2, 0.25) is 0 Å². The van der Waals surface area contributed by atoms with Crippen LogP contribution >= 0.6 is 15.9 Å². The molecule has 2 saturated heterocycles. The van der Waals surface area contributed by atoms with Crippen LogP contribution in [0.25, 0.3) is 0 Å². The van der Waals surface area contributed by atoms with E-state index in [1.54, 1.807) is 7.11 Å². The average molecular weight is 430 g/mol. The molecule has 2 N–H and O–H groups in total. The van der Waals surface area contributed by atoms with Crippen LogP contribution in [-0.4, -0.2) is 37.6 Å². The number of methoxy groups -OCH3 is 1. The molecule has 1 atom stereocenters. The maximum atomic E-state index is 13.3. The zero-order valence-electron chi connectivity index (χ0n) is 15.4. The third-order valence-corrected chi connectivity index (χ3v) is 5.98. The molecule has 2 aromatic carbocycles. The van der Waals surface area contributed by atoms with E-state index < -0.39 is 0 Å². The first kappa shape index (κ1) is 18.5. The summed E-state index contributed by atoms with van der Waals surface area (Å²) in [4.78, 5) is 15.2. The summed E-state index contributed by atoms with van der Waals surface area (Å²) in [6, 6.07) is 14.3. The van der Waals surface area contributed by atoms with Crippen molar-refractivity contribution in [2.24, 2.45) is 0 Å². The fourth-order valence-corrected chi connectivity index (χ4v) is 4.52. The number of hydrogen-bond donors (Lipinski definition) is 2. The highest BCUT2D eigenvalue weighted by Crippen LogP contribution is 2.35. The summed E-state index contributed by atoms with van der Waals surface area (Å²) in [5.41, 5.74) is 9.31. The first-order valence-corrected chi connectivity index (χ1v) is 10.2. The van der Waals surface area contributed by atoms with Gasteiger partial charge in [0.15, 0.2) is 0 Å². The van der Waals surface area contributed by atoms with E-state index in [0.29, 0.717) is 11.5 Å². The number of nitrogens with zero attached hydrogens (tertiary/aromatic N) is 1. The molecule has 0 aromatic heterocycles. The minimum absolute atomic E-state index is 0.0741. The van der Waals surface area contributed by atoms with Crippen molar-refractivity contribution >= 4 is 21.8 Å². The van der Waals surface area contributed by atoms with E-state index in [2.05, 4.69) is 38.9 Å².